The lowest BCUT2D eigenvalue weighted by atomic mass is 9.86. The quantitative estimate of drug-likeness (QED) is 0.371. The van der Waals surface area contributed by atoms with Gasteiger partial charge in [-0.3, -0.25) is 33.4 Å². The summed E-state index contributed by atoms with van der Waals surface area (Å²) in [5.74, 6) is -0.353. The van der Waals surface area contributed by atoms with Crippen molar-refractivity contribution in [2.45, 2.75) is 76.3 Å². The van der Waals surface area contributed by atoms with Gasteiger partial charge in [0.05, 0.1) is 17.2 Å². The van der Waals surface area contributed by atoms with Crippen molar-refractivity contribution < 1.29 is 28.7 Å². The molecule has 0 bridgehead atoms. The highest BCUT2D eigenvalue weighted by Gasteiger charge is 2.33. The summed E-state index contributed by atoms with van der Waals surface area (Å²) >= 11 is 0. The van der Waals surface area contributed by atoms with Gasteiger partial charge in [0.15, 0.2) is 0 Å². The van der Waals surface area contributed by atoms with Crippen molar-refractivity contribution >= 4 is 36.4 Å². The van der Waals surface area contributed by atoms with Crippen LogP contribution in [0, 0.1) is 5.92 Å². The van der Waals surface area contributed by atoms with Crippen LogP contribution in [0.3, 0.4) is 0 Å². The molecule has 38 heavy (non-hydrogen) atoms. The molecule has 1 atom stereocenters. The van der Waals surface area contributed by atoms with E-state index in [4.69, 9.17) is 0 Å². The summed E-state index contributed by atoms with van der Waals surface area (Å²) in [6, 6.07) is 4.71. The number of hydrogen-bond acceptors (Lipinski definition) is 5. The molecular weight excluding hydrogens is 511 g/mol. The van der Waals surface area contributed by atoms with Crippen LogP contribution < -0.4 is 11.0 Å². The number of amides is 3. The van der Waals surface area contributed by atoms with Gasteiger partial charge in [0.25, 0.3) is 0 Å². The minimum absolute atomic E-state index is 0.105. The molecule has 2 aliphatic heterocycles. The molecule has 3 fully saturated rings. The van der Waals surface area contributed by atoms with E-state index in [2.05, 4.69) is 5.32 Å². The first-order valence-electron chi connectivity index (χ1n) is 13.5. The molecule has 1 aromatic heterocycles. The number of nitrogens with zero attached hydrogens (tertiary/aromatic N) is 3. The number of carbonyl (C=O) groups excluding carboxylic acids is 3. The van der Waals surface area contributed by atoms with Crippen molar-refractivity contribution in [3.63, 3.8) is 0 Å². The van der Waals surface area contributed by atoms with Crippen LogP contribution in [0.2, 0.25) is 0 Å². The average Bonchev–Trinajstić information content (AvgIpc) is 3.17. The molecule has 2 saturated heterocycles. The van der Waals surface area contributed by atoms with Crippen molar-refractivity contribution in [3.8, 4) is 0 Å². The number of hydrogen-bond donors (Lipinski definition) is 3. The number of likely N-dealkylation sites (tertiary alicyclic amines) is 1. The summed E-state index contributed by atoms with van der Waals surface area (Å²) < 4.78 is 14.3. The van der Waals surface area contributed by atoms with E-state index >= 15 is 0 Å². The second kappa shape index (κ2) is 10.8. The maximum Gasteiger partial charge on any atom is 0.329 e. The Morgan fingerprint density at radius 1 is 0.974 bits per heavy atom. The van der Waals surface area contributed by atoms with Gasteiger partial charge < -0.3 is 14.7 Å². The first-order valence-corrected chi connectivity index (χ1v) is 15.3. The summed E-state index contributed by atoms with van der Waals surface area (Å²) in [5, 5.41) is 2.28. The average molecular weight is 547 g/mol. The van der Waals surface area contributed by atoms with Crippen LogP contribution in [0.5, 0.6) is 0 Å². The second-order valence-corrected chi connectivity index (χ2v) is 12.6. The minimum Gasteiger partial charge on any atom is -0.342 e. The molecule has 2 aromatic rings. The van der Waals surface area contributed by atoms with E-state index in [1.54, 1.807) is 6.07 Å². The van der Waals surface area contributed by atoms with Crippen LogP contribution in [0.15, 0.2) is 23.0 Å². The van der Waals surface area contributed by atoms with Crippen molar-refractivity contribution in [2.24, 2.45) is 5.92 Å². The molecule has 3 aliphatic rings. The standard InChI is InChI=1S/C26H35N4O7P/c31-23-9-8-21(24(32)27-23)30-20-7-6-19(16-22(20)29(26(30)34)14-15-38(35,36)37)17-10-12-28(13-11-17)25(33)18-4-2-1-3-5-18/h6-7,16-18,21H,1-5,8-15H2,(H,27,31,32)(H2,35,36,37). The Bertz CT molecular complexity index is 1350. The largest absolute Gasteiger partial charge is 0.342 e. The number of benzene rings is 1. The lowest BCUT2D eigenvalue weighted by Gasteiger charge is -2.35. The number of imide groups is 1. The molecule has 3 heterocycles. The number of piperidine rings is 2. The van der Waals surface area contributed by atoms with Gasteiger partial charge in [-0.2, -0.15) is 0 Å². The molecule has 1 saturated carbocycles. The zero-order valence-electron chi connectivity index (χ0n) is 21.4. The highest BCUT2D eigenvalue weighted by molar-refractivity contribution is 7.51. The molecule has 0 spiro atoms. The first kappa shape index (κ1) is 26.8. The smallest absolute Gasteiger partial charge is 0.329 e. The van der Waals surface area contributed by atoms with Gasteiger partial charge in [0.1, 0.15) is 6.04 Å². The Hall–Kier alpha value is -2.75. The summed E-state index contributed by atoms with van der Waals surface area (Å²) in [4.78, 5) is 71.5. The SMILES string of the molecule is O=C1CCC(n2c(=O)n(CCP(=O)(O)O)c3cc(C4CCN(C(=O)C5CCCCC5)CC4)ccc32)C(=O)N1. The van der Waals surface area contributed by atoms with Crippen molar-refractivity contribution in [2.75, 3.05) is 19.3 Å². The van der Waals surface area contributed by atoms with Gasteiger partial charge in [-0.25, -0.2) is 4.79 Å². The topological polar surface area (TPSA) is 151 Å². The summed E-state index contributed by atoms with van der Waals surface area (Å²) in [5.41, 5.74) is 1.45. The minimum atomic E-state index is -4.37. The fraction of sp³-hybridized carbons (Fsp3) is 0.615. The van der Waals surface area contributed by atoms with Gasteiger partial charge in [-0.15, -0.1) is 0 Å². The molecular formula is C26H35N4O7P. The zero-order chi connectivity index (χ0) is 27.0. The molecule has 12 heteroatoms. The van der Waals surface area contributed by atoms with Crippen LogP contribution in [0.1, 0.15) is 75.3 Å². The third kappa shape index (κ3) is 5.51. The number of carbonyl (C=O) groups is 3. The second-order valence-electron chi connectivity index (χ2n) is 10.8. The molecule has 3 N–H and O–H groups in total. The monoisotopic (exact) mass is 546 g/mol. The molecule has 1 aliphatic carbocycles. The molecule has 1 aromatic carbocycles. The Kier molecular flexibility index (Phi) is 7.62. The fourth-order valence-electron chi connectivity index (χ4n) is 6.27. The van der Waals surface area contributed by atoms with Crippen LogP contribution in [-0.4, -0.2) is 60.8 Å². The lowest BCUT2D eigenvalue weighted by molar-refractivity contribution is -0.138. The number of nitrogens with one attached hydrogen (secondary N) is 1. The third-order valence-corrected chi connectivity index (χ3v) is 9.14. The van der Waals surface area contributed by atoms with E-state index < -0.39 is 31.4 Å². The molecule has 11 nitrogen and oxygen atoms in total. The maximum atomic E-state index is 13.5. The summed E-state index contributed by atoms with van der Waals surface area (Å²) in [7, 11) is -4.37. The number of imidazole rings is 1. The Morgan fingerprint density at radius 3 is 2.34 bits per heavy atom. The van der Waals surface area contributed by atoms with Gasteiger partial charge >= 0.3 is 13.3 Å². The maximum absolute atomic E-state index is 13.5. The number of aromatic nitrogens is 2. The Morgan fingerprint density at radius 2 is 1.68 bits per heavy atom. The fourth-order valence-corrected chi connectivity index (χ4v) is 6.73. The molecule has 3 amide bonds. The van der Waals surface area contributed by atoms with Crippen LogP contribution in [0.25, 0.3) is 11.0 Å². The summed E-state index contributed by atoms with van der Waals surface area (Å²) in [6.45, 7) is 1.17. The summed E-state index contributed by atoms with van der Waals surface area (Å²) in [6.07, 6.45) is 6.77. The van der Waals surface area contributed by atoms with Crippen LogP contribution in [0.4, 0.5) is 0 Å². The Labute approximate surface area is 220 Å². The van der Waals surface area contributed by atoms with Crippen molar-refractivity contribution in [1.82, 2.24) is 19.4 Å². The van der Waals surface area contributed by atoms with Crippen molar-refractivity contribution in [3.05, 3.63) is 34.2 Å². The van der Waals surface area contributed by atoms with Crippen molar-refractivity contribution in [1.29, 1.82) is 0 Å². The third-order valence-electron chi connectivity index (χ3n) is 8.36. The van der Waals surface area contributed by atoms with Gasteiger partial charge in [0, 0.05) is 32.0 Å². The predicted molar refractivity (Wildman–Crippen MR) is 140 cm³/mol. The zero-order valence-corrected chi connectivity index (χ0v) is 22.3. The highest BCUT2D eigenvalue weighted by Crippen LogP contribution is 2.36. The van der Waals surface area contributed by atoms with E-state index in [1.165, 1.54) is 15.6 Å². The van der Waals surface area contributed by atoms with E-state index in [0.29, 0.717) is 24.1 Å². The number of rotatable bonds is 6. The Balaban J connectivity index is 1.41. The normalized spacial score (nSPS) is 22.2. The number of aryl methyl sites for hydroxylation is 1. The first-order chi connectivity index (χ1) is 18.1. The van der Waals surface area contributed by atoms with Crippen LogP contribution in [-0.2, 0) is 25.5 Å². The molecule has 206 valence electrons. The van der Waals surface area contributed by atoms with E-state index in [-0.39, 0.29) is 43.0 Å². The lowest BCUT2D eigenvalue weighted by Crippen LogP contribution is -2.44. The van der Waals surface area contributed by atoms with Gasteiger partial charge in [-0.1, -0.05) is 25.3 Å². The molecule has 1 unspecified atom stereocenters. The van der Waals surface area contributed by atoms with Crippen LogP contribution >= 0.6 is 7.60 Å². The molecule has 0 radical (unpaired) electrons. The van der Waals surface area contributed by atoms with E-state index in [1.807, 2.05) is 17.0 Å². The van der Waals surface area contributed by atoms with E-state index in [0.717, 1.165) is 44.1 Å². The molecule has 5 rings (SSSR count). The van der Waals surface area contributed by atoms with Gasteiger partial charge in [-0.05, 0) is 55.7 Å². The predicted octanol–water partition coefficient (Wildman–Crippen LogP) is 2.24. The van der Waals surface area contributed by atoms with Gasteiger partial charge in [0.2, 0.25) is 17.7 Å². The number of fused-ring (bicyclic) bond motifs is 1. The van der Waals surface area contributed by atoms with E-state index in [9.17, 15) is 33.5 Å². The highest BCUT2D eigenvalue weighted by atomic mass is 31.2.